The van der Waals surface area contributed by atoms with Crippen molar-refractivity contribution in [2.45, 2.75) is 44.8 Å². The molecule has 0 aromatic rings. The van der Waals surface area contributed by atoms with Crippen molar-refractivity contribution < 1.29 is 19.0 Å². The van der Waals surface area contributed by atoms with Crippen LogP contribution in [0.15, 0.2) is 0 Å². The van der Waals surface area contributed by atoms with E-state index in [1.165, 1.54) is 0 Å². The van der Waals surface area contributed by atoms with Gasteiger partial charge in [0.2, 0.25) is 0 Å². The van der Waals surface area contributed by atoms with E-state index in [0.29, 0.717) is 32.3 Å². The Morgan fingerprint density at radius 3 is 2.17 bits per heavy atom. The number of carbonyl (C=O) groups is 1. The first kappa shape index (κ1) is 14.9. The third-order valence-electron chi connectivity index (χ3n) is 3.84. The normalized spacial score (nSPS) is 21.0. The summed E-state index contributed by atoms with van der Waals surface area (Å²) in [6.07, 6.45) is 2.50. The van der Waals surface area contributed by atoms with E-state index in [0.717, 1.165) is 0 Å². The van der Waals surface area contributed by atoms with E-state index in [4.69, 9.17) is 19.5 Å². The van der Waals surface area contributed by atoms with Gasteiger partial charge in [-0.15, -0.1) is 0 Å². The van der Waals surface area contributed by atoms with Crippen LogP contribution in [0.25, 0.3) is 0 Å². The maximum absolute atomic E-state index is 12.0. The van der Waals surface area contributed by atoms with Gasteiger partial charge in [0, 0.05) is 27.1 Å². The first-order valence-corrected chi connectivity index (χ1v) is 6.22. The minimum Gasteiger partial charge on any atom is -0.466 e. The molecule has 0 aliphatic heterocycles. The van der Waals surface area contributed by atoms with Crippen molar-refractivity contribution in [3.8, 4) is 6.07 Å². The van der Waals surface area contributed by atoms with E-state index in [-0.39, 0.29) is 12.4 Å². The fourth-order valence-corrected chi connectivity index (χ4v) is 2.49. The lowest BCUT2D eigenvalue weighted by Crippen LogP contribution is -2.45. The van der Waals surface area contributed by atoms with Crippen LogP contribution in [-0.2, 0) is 19.0 Å². The molecule has 1 rings (SSSR count). The van der Waals surface area contributed by atoms with Gasteiger partial charge in [-0.3, -0.25) is 4.79 Å². The molecule has 0 spiro atoms. The number of nitriles is 1. The van der Waals surface area contributed by atoms with E-state index in [1.807, 2.05) is 0 Å². The Morgan fingerprint density at radius 1 is 1.22 bits per heavy atom. The van der Waals surface area contributed by atoms with Crippen LogP contribution >= 0.6 is 0 Å². The Hall–Kier alpha value is -1.12. The largest absolute Gasteiger partial charge is 0.466 e. The van der Waals surface area contributed by atoms with Gasteiger partial charge in [0.1, 0.15) is 0 Å². The van der Waals surface area contributed by atoms with Gasteiger partial charge in [-0.25, -0.2) is 0 Å². The Morgan fingerprint density at radius 2 is 1.78 bits per heavy atom. The fraction of sp³-hybridized carbons (Fsp3) is 0.846. The van der Waals surface area contributed by atoms with Crippen LogP contribution in [0.4, 0.5) is 0 Å². The summed E-state index contributed by atoms with van der Waals surface area (Å²) in [5, 5.41) is 8.93. The first-order chi connectivity index (χ1) is 8.58. The second-order valence-electron chi connectivity index (χ2n) is 4.65. The predicted octanol–water partition coefficient (Wildman–Crippen LogP) is 2.01. The molecule has 0 saturated heterocycles. The molecule has 0 aromatic carbocycles. The number of rotatable bonds is 5. The smallest absolute Gasteiger partial charge is 0.313 e. The summed E-state index contributed by atoms with van der Waals surface area (Å²) in [7, 11) is 3.20. The highest BCUT2D eigenvalue weighted by molar-refractivity contribution is 5.77. The molecule has 1 fully saturated rings. The molecule has 1 saturated carbocycles. The second kappa shape index (κ2) is 6.17. The van der Waals surface area contributed by atoms with Crippen molar-refractivity contribution in [3.63, 3.8) is 0 Å². The molecule has 0 atom stereocenters. The van der Waals surface area contributed by atoms with Gasteiger partial charge in [-0.05, 0) is 19.8 Å². The average Bonchev–Trinajstić information content (AvgIpc) is 2.40. The van der Waals surface area contributed by atoms with Crippen LogP contribution in [0.1, 0.15) is 39.0 Å². The SMILES string of the molecule is CCOC(=O)C1(CC#N)CCC(OC)(OC)CC1. The van der Waals surface area contributed by atoms with Crippen LogP contribution in [0.2, 0.25) is 0 Å². The van der Waals surface area contributed by atoms with Gasteiger partial charge in [-0.2, -0.15) is 5.26 Å². The molecule has 5 nitrogen and oxygen atoms in total. The molecular formula is C13H21NO4. The Balaban J connectivity index is 2.80. The van der Waals surface area contributed by atoms with Crippen molar-refractivity contribution in [2.24, 2.45) is 5.41 Å². The quantitative estimate of drug-likeness (QED) is 0.555. The molecule has 5 heteroatoms. The summed E-state index contributed by atoms with van der Waals surface area (Å²) < 4.78 is 15.9. The molecule has 0 unspecified atom stereocenters. The number of esters is 1. The molecule has 0 heterocycles. The zero-order valence-corrected chi connectivity index (χ0v) is 11.3. The zero-order chi connectivity index (χ0) is 13.6. The molecule has 0 N–H and O–H groups in total. The third-order valence-corrected chi connectivity index (χ3v) is 3.84. The summed E-state index contributed by atoms with van der Waals surface area (Å²) in [5.74, 6) is -0.891. The second-order valence-corrected chi connectivity index (χ2v) is 4.65. The van der Waals surface area contributed by atoms with E-state index in [2.05, 4.69) is 6.07 Å². The van der Waals surface area contributed by atoms with E-state index < -0.39 is 11.2 Å². The van der Waals surface area contributed by atoms with Crippen molar-refractivity contribution in [2.75, 3.05) is 20.8 Å². The van der Waals surface area contributed by atoms with Crippen LogP contribution in [0.5, 0.6) is 0 Å². The molecule has 0 amide bonds. The van der Waals surface area contributed by atoms with Gasteiger partial charge in [0.05, 0.1) is 24.5 Å². The summed E-state index contributed by atoms with van der Waals surface area (Å²) in [4.78, 5) is 12.0. The maximum atomic E-state index is 12.0. The number of ether oxygens (including phenoxy) is 3. The van der Waals surface area contributed by atoms with Crippen LogP contribution < -0.4 is 0 Å². The number of nitrogens with zero attached hydrogens (tertiary/aromatic N) is 1. The predicted molar refractivity (Wildman–Crippen MR) is 64.5 cm³/mol. The molecule has 0 aromatic heterocycles. The monoisotopic (exact) mass is 255 g/mol. The van der Waals surface area contributed by atoms with E-state index in [9.17, 15) is 4.79 Å². The molecule has 102 valence electrons. The number of carbonyl (C=O) groups excluding carboxylic acids is 1. The lowest BCUT2D eigenvalue weighted by molar-refractivity contribution is -0.235. The highest BCUT2D eigenvalue weighted by Crippen LogP contribution is 2.45. The lowest BCUT2D eigenvalue weighted by Gasteiger charge is -2.42. The number of hydrogen-bond acceptors (Lipinski definition) is 5. The number of hydrogen-bond donors (Lipinski definition) is 0. The van der Waals surface area contributed by atoms with E-state index >= 15 is 0 Å². The van der Waals surface area contributed by atoms with Gasteiger partial charge >= 0.3 is 5.97 Å². The fourth-order valence-electron chi connectivity index (χ4n) is 2.49. The van der Waals surface area contributed by atoms with Gasteiger partial charge < -0.3 is 14.2 Å². The molecule has 1 aliphatic rings. The molecular weight excluding hydrogens is 234 g/mol. The van der Waals surface area contributed by atoms with Crippen molar-refractivity contribution in [1.29, 1.82) is 5.26 Å². The first-order valence-electron chi connectivity index (χ1n) is 6.22. The summed E-state index contributed by atoms with van der Waals surface area (Å²) in [6, 6.07) is 2.10. The maximum Gasteiger partial charge on any atom is 0.313 e. The molecule has 0 bridgehead atoms. The minimum absolute atomic E-state index is 0.190. The third kappa shape index (κ3) is 2.82. The van der Waals surface area contributed by atoms with Gasteiger partial charge in [0.25, 0.3) is 0 Å². The van der Waals surface area contributed by atoms with E-state index in [1.54, 1.807) is 21.1 Å². The Bertz CT molecular complexity index is 320. The van der Waals surface area contributed by atoms with Gasteiger partial charge in [-0.1, -0.05) is 0 Å². The summed E-state index contributed by atoms with van der Waals surface area (Å²) in [5.41, 5.74) is -0.689. The highest BCUT2D eigenvalue weighted by Gasteiger charge is 2.48. The topological polar surface area (TPSA) is 68.6 Å². The number of methoxy groups -OCH3 is 2. The highest BCUT2D eigenvalue weighted by atomic mass is 16.7. The average molecular weight is 255 g/mol. The molecule has 0 radical (unpaired) electrons. The molecule has 18 heavy (non-hydrogen) atoms. The summed E-state index contributed by atoms with van der Waals surface area (Å²) in [6.45, 7) is 2.11. The van der Waals surface area contributed by atoms with Crippen LogP contribution in [-0.4, -0.2) is 32.6 Å². The van der Waals surface area contributed by atoms with Crippen LogP contribution in [0.3, 0.4) is 0 Å². The molecule has 1 aliphatic carbocycles. The van der Waals surface area contributed by atoms with Crippen molar-refractivity contribution >= 4 is 5.97 Å². The van der Waals surface area contributed by atoms with Crippen molar-refractivity contribution in [3.05, 3.63) is 0 Å². The zero-order valence-electron chi connectivity index (χ0n) is 11.3. The Labute approximate surface area is 108 Å². The van der Waals surface area contributed by atoms with Crippen molar-refractivity contribution in [1.82, 2.24) is 0 Å². The Kier molecular flexibility index (Phi) is 5.12. The lowest BCUT2D eigenvalue weighted by atomic mass is 9.70. The minimum atomic E-state index is -0.689. The standard InChI is InChI=1S/C13H21NO4/c1-4-18-11(15)12(9-10-14)5-7-13(16-2,17-3)8-6-12/h4-9H2,1-3H3. The van der Waals surface area contributed by atoms with Crippen LogP contribution in [0, 0.1) is 16.7 Å². The van der Waals surface area contributed by atoms with Gasteiger partial charge in [0.15, 0.2) is 5.79 Å². The summed E-state index contributed by atoms with van der Waals surface area (Å²) >= 11 is 0.